The lowest BCUT2D eigenvalue weighted by atomic mass is 9.86. The van der Waals surface area contributed by atoms with E-state index < -0.39 is 0 Å². The molecular formula is C13H17NO. The van der Waals surface area contributed by atoms with Gasteiger partial charge in [-0.25, -0.2) is 0 Å². The minimum atomic E-state index is 0.0633. The van der Waals surface area contributed by atoms with Crippen LogP contribution >= 0.6 is 0 Å². The maximum atomic E-state index is 6.22. The first-order chi connectivity index (χ1) is 7.29. The minimum Gasteiger partial charge on any atom is -0.487 e. The van der Waals surface area contributed by atoms with Gasteiger partial charge in [0.05, 0.1) is 0 Å². The Morgan fingerprint density at radius 1 is 1.20 bits per heavy atom. The van der Waals surface area contributed by atoms with Gasteiger partial charge >= 0.3 is 0 Å². The molecule has 1 aliphatic heterocycles. The van der Waals surface area contributed by atoms with Gasteiger partial charge in [-0.15, -0.1) is 0 Å². The van der Waals surface area contributed by atoms with Crippen molar-refractivity contribution < 1.29 is 4.74 Å². The molecule has 2 nitrogen and oxygen atoms in total. The third-order valence-corrected chi connectivity index (χ3v) is 3.75. The summed E-state index contributed by atoms with van der Waals surface area (Å²) in [5.41, 5.74) is 7.46. The van der Waals surface area contributed by atoms with Crippen LogP contribution in [0.3, 0.4) is 0 Å². The lowest BCUT2D eigenvalue weighted by Gasteiger charge is -2.38. The van der Waals surface area contributed by atoms with Gasteiger partial charge < -0.3 is 10.5 Å². The number of fused-ring (bicyclic) bond motifs is 1. The molecule has 2 aliphatic rings. The van der Waals surface area contributed by atoms with Crippen molar-refractivity contribution >= 4 is 0 Å². The van der Waals surface area contributed by atoms with E-state index in [4.69, 9.17) is 10.5 Å². The molecule has 15 heavy (non-hydrogen) atoms. The lowest BCUT2D eigenvalue weighted by molar-refractivity contribution is 0.0426. The van der Waals surface area contributed by atoms with Gasteiger partial charge in [0, 0.05) is 18.0 Å². The highest BCUT2D eigenvalue weighted by atomic mass is 16.5. The number of hydrogen-bond donors (Lipinski definition) is 1. The minimum absolute atomic E-state index is 0.0633. The van der Waals surface area contributed by atoms with Gasteiger partial charge in [0.2, 0.25) is 0 Å². The molecule has 0 saturated heterocycles. The molecule has 1 aromatic carbocycles. The number of rotatable bonds is 0. The molecule has 0 unspecified atom stereocenters. The van der Waals surface area contributed by atoms with Gasteiger partial charge in [0.15, 0.2) is 0 Å². The zero-order chi connectivity index (χ0) is 10.3. The molecule has 1 spiro atoms. The van der Waals surface area contributed by atoms with E-state index in [9.17, 15) is 0 Å². The van der Waals surface area contributed by atoms with Crippen molar-refractivity contribution in [3.63, 3.8) is 0 Å². The summed E-state index contributed by atoms with van der Waals surface area (Å²) >= 11 is 0. The van der Waals surface area contributed by atoms with Crippen LogP contribution in [0.25, 0.3) is 0 Å². The number of benzene rings is 1. The molecule has 0 aromatic heterocycles. The largest absolute Gasteiger partial charge is 0.487 e. The molecule has 80 valence electrons. The molecule has 3 rings (SSSR count). The van der Waals surface area contributed by atoms with E-state index in [-0.39, 0.29) is 11.6 Å². The maximum Gasteiger partial charge on any atom is 0.124 e. The average molecular weight is 203 g/mol. The normalized spacial score (nSPS) is 27.4. The van der Waals surface area contributed by atoms with Crippen LogP contribution in [0.2, 0.25) is 0 Å². The summed E-state index contributed by atoms with van der Waals surface area (Å²) in [5.74, 6) is 1.01. The van der Waals surface area contributed by atoms with E-state index >= 15 is 0 Å². The molecule has 1 atom stereocenters. The zero-order valence-electron chi connectivity index (χ0n) is 8.91. The Hall–Kier alpha value is -1.02. The van der Waals surface area contributed by atoms with Crippen LogP contribution in [-0.2, 0) is 0 Å². The topological polar surface area (TPSA) is 35.2 Å². The molecule has 1 saturated carbocycles. The Bertz CT molecular complexity index is 369. The second-order valence-corrected chi connectivity index (χ2v) is 4.84. The summed E-state index contributed by atoms with van der Waals surface area (Å²) in [4.78, 5) is 0. The maximum absolute atomic E-state index is 6.22. The van der Waals surface area contributed by atoms with Crippen molar-refractivity contribution in [1.82, 2.24) is 0 Å². The highest BCUT2D eigenvalue weighted by molar-refractivity contribution is 5.38. The van der Waals surface area contributed by atoms with Crippen LogP contribution in [0, 0.1) is 0 Å². The van der Waals surface area contributed by atoms with Crippen molar-refractivity contribution in [2.75, 3.05) is 0 Å². The Morgan fingerprint density at radius 2 is 1.93 bits per heavy atom. The SMILES string of the molecule is N[C@H]1CC2(CCCC2)Oc2ccccc21. The van der Waals surface area contributed by atoms with Crippen LogP contribution in [0.15, 0.2) is 24.3 Å². The van der Waals surface area contributed by atoms with E-state index in [2.05, 4.69) is 12.1 Å². The zero-order valence-corrected chi connectivity index (χ0v) is 8.91. The highest BCUT2D eigenvalue weighted by Crippen LogP contribution is 2.45. The average Bonchev–Trinajstić information content (AvgIpc) is 2.66. The lowest BCUT2D eigenvalue weighted by Crippen LogP contribution is -2.40. The summed E-state index contributed by atoms with van der Waals surface area (Å²) in [5, 5.41) is 0. The molecule has 1 fully saturated rings. The summed E-state index contributed by atoms with van der Waals surface area (Å²) < 4.78 is 6.17. The fourth-order valence-electron chi connectivity index (χ4n) is 2.99. The summed E-state index contributed by atoms with van der Waals surface area (Å²) in [6.45, 7) is 0. The first kappa shape index (κ1) is 9.22. The molecule has 2 heteroatoms. The van der Waals surface area contributed by atoms with Crippen LogP contribution in [0.1, 0.15) is 43.7 Å². The van der Waals surface area contributed by atoms with Crippen LogP contribution in [-0.4, -0.2) is 5.60 Å². The van der Waals surface area contributed by atoms with E-state index in [0.29, 0.717) is 0 Å². The number of para-hydroxylation sites is 1. The van der Waals surface area contributed by atoms with Crippen LogP contribution in [0.5, 0.6) is 5.75 Å². The second-order valence-electron chi connectivity index (χ2n) is 4.84. The van der Waals surface area contributed by atoms with Gasteiger partial charge in [-0.2, -0.15) is 0 Å². The summed E-state index contributed by atoms with van der Waals surface area (Å²) in [6.07, 6.45) is 5.91. The van der Waals surface area contributed by atoms with Crippen molar-refractivity contribution in [3.8, 4) is 5.75 Å². The number of ether oxygens (including phenoxy) is 1. The Balaban J connectivity index is 1.98. The first-order valence-electron chi connectivity index (χ1n) is 5.83. The predicted octanol–water partition coefficient (Wildman–Crippen LogP) is 2.78. The fraction of sp³-hybridized carbons (Fsp3) is 0.538. The standard InChI is InChI=1S/C13H17NO/c14-11-9-13(7-3-4-8-13)15-12-6-2-1-5-10(11)12/h1-2,5-6,11H,3-4,7-9,14H2/t11-/m0/s1. The van der Waals surface area contributed by atoms with Crippen LogP contribution in [0.4, 0.5) is 0 Å². The van der Waals surface area contributed by atoms with E-state index in [0.717, 1.165) is 12.2 Å². The van der Waals surface area contributed by atoms with Gasteiger partial charge in [-0.3, -0.25) is 0 Å². The Kier molecular flexibility index (Phi) is 1.99. The monoisotopic (exact) mass is 203 g/mol. The van der Waals surface area contributed by atoms with Crippen molar-refractivity contribution in [2.24, 2.45) is 5.73 Å². The molecule has 2 N–H and O–H groups in total. The first-order valence-corrected chi connectivity index (χ1v) is 5.83. The van der Waals surface area contributed by atoms with Crippen molar-refractivity contribution in [1.29, 1.82) is 0 Å². The Morgan fingerprint density at radius 3 is 2.73 bits per heavy atom. The quantitative estimate of drug-likeness (QED) is 0.703. The number of hydrogen-bond acceptors (Lipinski definition) is 2. The van der Waals surface area contributed by atoms with Crippen molar-refractivity contribution in [2.45, 2.75) is 43.7 Å². The van der Waals surface area contributed by atoms with E-state index in [1.54, 1.807) is 0 Å². The highest BCUT2D eigenvalue weighted by Gasteiger charge is 2.41. The van der Waals surface area contributed by atoms with E-state index in [1.165, 1.54) is 31.2 Å². The predicted molar refractivity (Wildman–Crippen MR) is 59.8 cm³/mol. The number of nitrogens with two attached hydrogens (primary N) is 1. The third kappa shape index (κ3) is 1.44. The summed E-state index contributed by atoms with van der Waals surface area (Å²) in [7, 11) is 0. The summed E-state index contributed by atoms with van der Waals surface area (Å²) in [6, 6.07) is 8.36. The molecule has 1 aliphatic carbocycles. The van der Waals surface area contributed by atoms with Crippen LogP contribution < -0.4 is 10.5 Å². The molecule has 0 amide bonds. The molecule has 1 heterocycles. The molecular weight excluding hydrogens is 186 g/mol. The van der Waals surface area contributed by atoms with Gasteiger partial charge in [0.25, 0.3) is 0 Å². The van der Waals surface area contributed by atoms with E-state index in [1.807, 2.05) is 12.1 Å². The van der Waals surface area contributed by atoms with Crippen molar-refractivity contribution in [3.05, 3.63) is 29.8 Å². The smallest absolute Gasteiger partial charge is 0.124 e. The second kappa shape index (κ2) is 3.24. The van der Waals surface area contributed by atoms with Gasteiger partial charge in [-0.05, 0) is 31.7 Å². The molecule has 0 bridgehead atoms. The fourth-order valence-corrected chi connectivity index (χ4v) is 2.99. The van der Waals surface area contributed by atoms with Gasteiger partial charge in [-0.1, -0.05) is 18.2 Å². The molecule has 0 radical (unpaired) electrons. The third-order valence-electron chi connectivity index (χ3n) is 3.75. The molecule has 1 aromatic rings. The Labute approximate surface area is 90.4 Å². The van der Waals surface area contributed by atoms with Gasteiger partial charge in [0.1, 0.15) is 11.4 Å².